The molecule has 0 radical (unpaired) electrons. The minimum absolute atomic E-state index is 0.138. The highest BCUT2D eigenvalue weighted by Gasteiger charge is 2.16. The molecule has 9 heavy (non-hydrogen) atoms. The van der Waals surface area contributed by atoms with E-state index >= 15 is 0 Å². The van der Waals surface area contributed by atoms with Gasteiger partial charge in [0.25, 0.3) is 0 Å². The Kier molecular flexibility index (Phi) is 4.06. The third kappa shape index (κ3) is 4.60. The summed E-state index contributed by atoms with van der Waals surface area (Å²) in [5, 5.41) is 0. The zero-order chi connectivity index (χ0) is 7.33. The minimum atomic E-state index is -3.14. The summed E-state index contributed by atoms with van der Waals surface area (Å²) >= 11 is 0. The molecule has 0 aromatic rings. The summed E-state index contributed by atoms with van der Waals surface area (Å²) in [6.45, 7) is 0. The monoisotopic (exact) mass is 154 g/mol. The van der Waals surface area contributed by atoms with Crippen molar-refractivity contribution >= 4 is 7.37 Å². The maximum absolute atomic E-state index is 10.7. The highest BCUT2D eigenvalue weighted by Crippen LogP contribution is 2.39. The quantitative estimate of drug-likeness (QED) is 0.598. The lowest BCUT2D eigenvalue weighted by atomic mass is 11.5. The van der Waals surface area contributed by atoms with Gasteiger partial charge in [-0.25, -0.2) is 0 Å². The highest BCUT2D eigenvalue weighted by atomic mass is 31.2. The van der Waals surface area contributed by atoms with Gasteiger partial charge in [-0.1, -0.05) is 0 Å². The van der Waals surface area contributed by atoms with Crippen LogP contribution in [0.15, 0.2) is 0 Å². The van der Waals surface area contributed by atoms with Crippen molar-refractivity contribution in [2.45, 2.75) is 0 Å². The van der Waals surface area contributed by atoms with Crippen molar-refractivity contribution in [2.75, 3.05) is 26.9 Å². The molecule has 0 unspecified atom stereocenters. The molecule has 0 fully saturated rings. The fourth-order valence-electron chi connectivity index (χ4n) is 0.441. The average Bonchev–Trinajstić information content (AvgIpc) is 1.64. The third-order valence-corrected chi connectivity index (χ3v) is 1.98. The molecule has 0 saturated carbocycles. The molecule has 0 aliphatic rings. The van der Waals surface area contributed by atoms with Crippen molar-refractivity contribution < 1.29 is 18.9 Å². The fourth-order valence-corrected chi connectivity index (χ4v) is 1.32. The van der Waals surface area contributed by atoms with E-state index in [-0.39, 0.29) is 12.7 Å². The molecule has 0 aliphatic heterocycles. The van der Waals surface area contributed by atoms with Gasteiger partial charge in [0.1, 0.15) is 12.7 Å². The van der Waals surface area contributed by atoms with Crippen LogP contribution in [0, 0.1) is 0 Å². The molecule has 0 spiro atoms. The molecule has 5 heteroatoms. The van der Waals surface area contributed by atoms with Crippen molar-refractivity contribution in [2.24, 2.45) is 0 Å². The Balaban J connectivity index is 3.58. The van der Waals surface area contributed by atoms with Gasteiger partial charge in [0.15, 0.2) is 0 Å². The van der Waals surface area contributed by atoms with Gasteiger partial charge in [0.05, 0.1) is 0 Å². The number of hydrogen-bond donors (Lipinski definition) is 1. The zero-order valence-corrected chi connectivity index (χ0v) is 6.43. The summed E-state index contributed by atoms with van der Waals surface area (Å²) in [4.78, 5) is 8.82. The second-order valence-corrected chi connectivity index (χ2v) is 3.89. The zero-order valence-electron chi connectivity index (χ0n) is 5.53. The summed E-state index contributed by atoms with van der Waals surface area (Å²) in [6.07, 6.45) is -0.276. The van der Waals surface area contributed by atoms with Gasteiger partial charge in [-0.2, -0.15) is 0 Å². The SMILES string of the molecule is COCP(=O)(O)COC. The Bertz CT molecular complexity index is 103. The minimum Gasteiger partial charge on any atom is -0.375 e. The molecule has 0 rings (SSSR count). The summed E-state index contributed by atoms with van der Waals surface area (Å²) in [6, 6.07) is 0. The molecule has 4 nitrogen and oxygen atoms in total. The Morgan fingerprint density at radius 2 is 1.67 bits per heavy atom. The lowest BCUT2D eigenvalue weighted by Gasteiger charge is -2.07. The van der Waals surface area contributed by atoms with Crippen LogP contribution in [0.4, 0.5) is 0 Å². The van der Waals surface area contributed by atoms with Crippen LogP contribution in [0.1, 0.15) is 0 Å². The van der Waals surface area contributed by atoms with E-state index in [2.05, 4.69) is 9.47 Å². The maximum Gasteiger partial charge on any atom is 0.250 e. The topological polar surface area (TPSA) is 55.8 Å². The lowest BCUT2D eigenvalue weighted by molar-refractivity contribution is 0.206. The fraction of sp³-hybridized carbons (Fsp3) is 1.00. The molecule has 1 N–H and O–H groups in total. The van der Waals surface area contributed by atoms with Gasteiger partial charge in [0.2, 0.25) is 7.37 Å². The number of methoxy groups -OCH3 is 2. The predicted octanol–water partition coefficient (Wildman–Crippen LogP) is 0.465. The summed E-state index contributed by atoms with van der Waals surface area (Å²) < 4.78 is 19.7. The first-order chi connectivity index (χ1) is 4.12. The molecule has 0 aliphatic carbocycles. The third-order valence-electron chi connectivity index (χ3n) is 0.662. The Hall–Kier alpha value is 0.110. The van der Waals surface area contributed by atoms with Crippen molar-refractivity contribution in [3.8, 4) is 0 Å². The molecule has 0 amide bonds. The molecular weight excluding hydrogens is 143 g/mol. The second-order valence-electron chi connectivity index (χ2n) is 1.68. The Morgan fingerprint density at radius 3 is 1.89 bits per heavy atom. The molecule has 0 heterocycles. The highest BCUT2D eigenvalue weighted by molar-refractivity contribution is 7.57. The summed E-state index contributed by atoms with van der Waals surface area (Å²) in [5.74, 6) is 0. The molecule has 0 bridgehead atoms. The molecule has 56 valence electrons. The van der Waals surface area contributed by atoms with Crippen molar-refractivity contribution in [3.05, 3.63) is 0 Å². The number of rotatable bonds is 4. The standard InChI is InChI=1S/C4H11O4P/c1-7-3-9(5,6)4-8-2/h3-4H2,1-2H3,(H,5,6). The van der Waals surface area contributed by atoms with Gasteiger partial charge in [0, 0.05) is 14.2 Å². The van der Waals surface area contributed by atoms with Gasteiger partial charge >= 0.3 is 0 Å². The first-order valence-corrected chi connectivity index (χ1v) is 4.44. The van der Waals surface area contributed by atoms with Crippen LogP contribution >= 0.6 is 7.37 Å². The van der Waals surface area contributed by atoms with E-state index in [9.17, 15) is 4.57 Å². The first-order valence-electron chi connectivity index (χ1n) is 2.41. The predicted molar refractivity (Wildman–Crippen MR) is 33.6 cm³/mol. The van der Waals surface area contributed by atoms with Crippen molar-refractivity contribution in [3.63, 3.8) is 0 Å². The van der Waals surface area contributed by atoms with Gasteiger partial charge in [-0.3, -0.25) is 4.57 Å². The van der Waals surface area contributed by atoms with E-state index in [1.54, 1.807) is 0 Å². The maximum atomic E-state index is 10.7. The van der Waals surface area contributed by atoms with Crippen molar-refractivity contribution in [1.82, 2.24) is 0 Å². The van der Waals surface area contributed by atoms with E-state index in [1.165, 1.54) is 14.2 Å². The van der Waals surface area contributed by atoms with Crippen LogP contribution in [-0.4, -0.2) is 31.8 Å². The summed E-state index contributed by atoms with van der Waals surface area (Å²) in [7, 11) is -0.390. The summed E-state index contributed by atoms with van der Waals surface area (Å²) in [5.41, 5.74) is 0. The van der Waals surface area contributed by atoms with Crippen LogP contribution < -0.4 is 0 Å². The van der Waals surface area contributed by atoms with Gasteiger partial charge < -0.3 is 14.4 Å². The lowest BCUT2D eigenvalue weighted by Crippen LogP contribution is -1.97. The molecule has 0 saturated heterocycles. The Labute approximate surface area is 54.2 Å². The van der Waals surface area contributed by atoms with Crippen LogP contribution in [-0.2, 0) is 14.0 Å². The van der Waals surface area contributed by atoms with E-state index in [4.69, 9.17) is 4.89 Å². The van der Waals surface area contributed by atoms with E-state index in [0.29, 0.717) is 0 Å². The average molecular weight is 154 g/mol. The van der Waals surface area contributed by atoms with E-state index in [1.807, 2.05) is 0 Å². The molecule has 0 aromatic heterocycles. The van der Waals surface area contributed by atoms with Crippen molar-refractivity contribution in [1.29, 1.82) is 0 Å². The smallest absolute Gasteiger partial charge is 0.250 e. The van der Waals surface area contributed by atoms with E-state index in [0.717, 1.165) is 0 Å². The Morgan fingerprint density at radius 1 is 1.33 bits per heavy atom. The van der Waals surface area contributed by atoms with Gasteiger partial charge in [-0.15, -0.1) is 0 Å². The molecular formula is C4H11O4P. The van der Waals surface area contributed by atoms with Crippen LogP contribution in [0.5, 0.6) is 0 Å². The number of ether oxygens (including phenoxy) is 2. The second kappa shape index (κ2) is 4.01. The molecule has 0 atom stereocenters. The number of hydrogen-bond acceptors (Lipinski definition) is 3. The normalized spacial score (nSPS) is 11.9. The van der Waals surface area contributed by atoms with Crippen LogP contribution in [0.25, 0.3) is 0 Å². The van der Waals surface area contributed by atoms with Crippen LogP contribution in [0.2, 0.25) is 0 Å². The first kappa shape index (κ1) is 9.11. The van der Waals surface area contributed by atoms with Crippen LogP contribution in [0.3, 0.4) is 0 Å². The largest absolute Gasteiger partial charge is 0.375 e. The molecule has 0 aromatic carbocycles. The van der Waals surface area contributed by atoms with E-state index < -0.39 is 7.37 Å². The van der Waals surface area contributed by atoms with Gasteiger partial charge in [-0.05, 0) is 0 Å².